The van der Waals surface area contributed by atoms with Crippen molar-refractivity contribution in [1.29, 1.82) is 0 Å². The number of hydrazine groups is 1. The van der Waals surface area contributed by atoms with E-state index >= 15 is 0 Å². The number of nitrogens with zero attached hydrogens (tertiary/aromatic N) is 3. The largest absolute Gasteiger partial charge is 0.308 e. The highest BCUT2D eigenvalue weighted by molar-refractivity contribution is 9.10. The number of anilines is 2. The van der Waals surface area contributed by atoms with E-state index in [1.807, 2.05) is 0 Å². The number of pyridine rings is 1. The standard InChI is InChI=1S/C8H7BrN6OS/c9-4-1-5(6(14-10)11-2-4)7(16)13-8-15-12-3-17-8/h1-3H,10H2,(H,11,14)(H,13,15,16). The number of aromatic nitrogens is 3. The van der Waals surface area contributed by atoms with Gasteiger partial charge in [0.15, 0.2) is 5.82 Å². The number of halogens is 1. The Kier molecular flexibility index (Phi) is 3.61. The lowest BCUT2D eigenvalue weighted by molar-refractivity contribution is 0.102. The summed E-state index contributed by atoms with van der Waals surface area (Å²) >= 11 is 4.46. The molecule has 2 rings (SSSR count). The lowest BCUT2D eigenvalue weighted by Crippen LogP contribution is -2.18. The molecule has 7 nitrogen and oxygen atoms in total. The molecule has 0 unspecified atom stereocenters. The van der Waals surface area contributed by atoms with Crippen molar-refractivity contribution < 1.29 is 4.79 Å². The first-order chi connectivity index (χ1) is 8.20. The third kappa shape index (κ3) is 2.75. The highest BCUT2D eigenvalue weighted by atomic mass is 79.9. The number of hydrogen-bond acceptors (Lipinski definition) is 7. The number of nitrogens with two attached hydrogens (primary N) is 1. The molecule has 88 valence electrons. The lowest BCUT2D eigenvalue weighted by atomic mass is 10.2. The van der Waals surface area contributed by atoms with Crippen LogP contribution >= 0.6 is 27.3 Å². The number of rotatable bonds is 3. The van der Waals surface area contributed by atoms with E-state index in [-0.39, 0.29) is 11.7 Å². The smallest absolute Gasteiger partial charge is 0.261 e. The summed E-state index contributed by atoms with van der Waals surface area (Å²) in [5.74, 6) is 5.21. The van der Waals surface area contributed by atoms with Crippen LogP contribution in [0.4, 0.5) is 10.9 Å². The Morgan fingerprint density at radius 2 is 2.35 bits per heavy atom. The number of carbonyl (C=O) groups excluding carboxylic acids is 1. The second-order valence-corrected chi connectivity index (χ2v) is 4.64. The van der Waals surface area contributed by atoms with Gasteiger partial charge in [-0.2, -0.15) is 0 Å². The zero-order valence-corrected chi connectivity index (χ0v) is 10.7. The minimum absolute atomic E-state index is 0.287. The van der Waals surface area contributed by atoms with Crippen molar-refractivity contribution in [2.45, 2.75) is 0 Å². The Morgan fingerprint density at radius 3 is 3.00 bits per heavy atom. The van der Waals surface area contributed by atoms with Crippen molar-refractivity contribution in [3.8, 4) is 0 Å². The molecule has 9 heteroatoms. The Labute approximate surface area is 109 Å². The van der Waals surface area contributed by atoms with Crippen LogP contribution in [0.15, 0.2) is 22.2 Å². The molecule has 2 aromatic rings. The number of carbonyl (C=O) groups is 1. The first kappa shape index (κ1) is 11.9. The van der Waals surface area contributed by atoms with Crippen LogP contribution in [0.5, 0.6) is 0 Å². The minimum Gasteiger partial charge on any atom is -0.308 e. The van der Waals surface area contributed by atoms with Crippen molar-refractivity contribution in [1.82, 2.24) is 15.2 Å². The van der Waals surface area contributed by atoms with E-state index < -0.39 is 0 Å². The lowest BCUT2D eigenvalue weighted by Gasteiger charge is -2.07. The van der Waals surface area contributed by atoms with Crippen molar-refractivity contribution >= 4 is 44.1 Å². The third-order valence-corrected chi connectivity index (χ3v) is 2.86. The van der Waals surface area contributed by atoms with Gasteiger partial charge in [-0.15, -0.1) is 10.2 Å². The molecule has 0 aromatic carbocycles. The summed E-state index contributed by atoms with van der Waals surface area (Å²) in [6.45, 7) is 0. The fourth-order valence-corrected chi connectivity index (χ4v) is 1.89. The molecular weight excluding hydrogens is 308 g/mol. The van der Waals surface area contributed by atoms with E-state index in [0.717, 1.165) is 0 Å². The second-order valence-electron chi connectivity index (χ2n) is 2.89. The van der Waals surface area contributed by atoms with Crippen LogP contribution in [0.1, 0.15) is 10.4 Å². The topological polar surface area (TPSA) is 106 Å². The Bertz CT molecular complexity index is 531. The summed E-state index contributed by atoms with van der Waals surface area (Å²) in [7, 11) is 0. The van der Waals surface area contributed by atoms with Crippen LogP contribution in [-0.2, 0) is 0 Å². The maximum atomic E-state index is 11.9. The summed E-state index contributed by atoms with van der Waals surface area (Å²) < 4.78 is 0.680. The summed E-state index contributed by atoms with van der Waals surface area (Å²) in [5, 5.41) is 10.3. The summed E-state index contributed by atoms with van der Waals surface area (Å²) in [5.41, 5.74) is 4.20. The molecule has 0 saturated heterocycles. The van der Waals surface area contributed by atoms with E-state index in [1.54, 1.807) is 6.07 Å². The number of nitrogen functional groups attached to an aromatic ring is 1. The molecule has 2 aromatic heterocycles. The molecule has 1 amide bonds. The average molecular weight is 315 g/mol. The summed E-state index contributed by atoms with van der Waals surface area (Å²) in [6.07, 6.45) is 1.54. The van der Waals surface area contributed by atoms with Crippen molar-refractivity contribution in [3.05, 3.63) is 27.8 Å². The third-order valence-electron chi connectivity index (χ3n) is 1.82. The van der Waals surface area contributed by atoms with E-state index in [2.05, 4.69) is 41.9 Å². The summed E-state index contributed by atoms with van der Waals surface area (Å²) in [6, 6.07) is 1.61. The van der Waals surface area contributed by atoms with Gasteiger partial charge in [-0.25, -0.2) is 10.8 Å². The van der Waals surface area contributed by atoms with Gasteiger partial charge in [-0.05, 0) is 22.0 Å². The van der Waals surface area contributed by atoms with Gasteiger partial charge in [0, 0.05) is 10.7 Å². The molecule has 0 aliphatic carbocycles. The van der Waals surface area contributed by atoms with Crippen LogP contribution in [0.3, 0.4) is 0 Å². The van der Waals surface area contributed by atoms with Crippen LogP contribution in [0, 0.1) is 0 Å². The van der Waals surface area contributed by atoms with E-state index in [0.29, 0.717) is 15.2 Å². The molecule has 17 heavy (non-hydrogen) atoms. The predicted molar refractivity (Wildman–Crippen MR) is 67.6 cm³/mol. The molecule has 4 N–H and O–H groups in total. The highest BCUT2D eigenvalue weighted by Gasteiger charge is 2.14. The molecule has 0 atom stereocenters. The number of hydrogen-bond donors (Lipinski definition) is 3. The van der Waals surface area contributed by atoms with Crippen molar-refractivity contribution in [2.24, 2.45) is 5.84 Å². The minimum atomic E-state index is -0.358. The molecule has 0 saturated carbocycles. The predicted octanol–water partition coefficient (Wildman–Crippen LogP) is 1.23. The van der Waals surface area contributed by atoms with Crippen LogP contribution in [-0.4, -0.2) is 21.1 Å². The fraction of sp³-hybridized carbons (Fsp3) is 0. The van der Waals surface area contributed by atoms with Crippen LogP contribution in [0.2, 0.25) is 0 Å². The number of amides is 1. The quantitative estimate of drug-likeness (QED) is 0.581. The van der Waals surface area contributed by atoms with Gasteiger partial charge in [0.1, 0.15) is 5.51 Å². The van der Waals surface area contributed by atoms with Gasteiger partial charge in [-0.3, -0.25) is 10.1 Å². The van der Waals surface area contributed by atoms with Crippen LogP contribution in [0.25, 0.3) is 0 Å². The molecule has 2 heterocycles. The molecule has 0 aliphatic rings. The normalized spacial score (nSPS) is 10.0. The zero-order valence-electron chi connectivity index (χ0n) is 8.35. The van der Waals surface area contributed by atoms with Gasteiger partial charge in [-0.1, -0.05) is 11.3 Å². The summed E-state index contributed by atoms with van der Waals surface area (Å²) in [4.78, 5) is 15.9. The van der Waals surface area contributed by atoms with E-state index in [4.69, 9.17) is 5.84 Å². The van der Waals surface area contributed by atoms with Crippen molar-refractivity contribution in [3.63, 3.8) is 0 Å². The van der Waals surface area contributed by atoms with E-state index in [1.165, 1.54) is 23.0 Å². The molecule has 0 bridgehead atoms. The fourth-order valence-electron chi connectivity index (χ4n) is 1.12. The van der Waals surface area contributed by atoms with Crippen molar-refractivity contribution in [2.75, 3.05) is 10.7 Å². The van der Waals surface area contributed by atoms with E-state index in [9.17, 15) is 4.79 Å². The monoisotopic (exact) mass is 314 g/mol. The van der Waals surface area contributed by atoms with Gasteiger partial charge in [0.2, 0.25) is 5.13 Å². The van der Waals surface area contributed by atoms with Gasteiger partial charge < -0.3 is 5.43 Å². The maximum absolute atomic E-state index is 11.9. The van der Waals surface area contributed by atoms with Gasteiger partial charge in [0.05, 0.1) is 5.56 Å². The molecule has 0 radical (unpaired) electrons. The average Bonchev–Trinajstić information content (AvgIpc) is 2.81. The molecule has 0 aliphatic heterocycles. The Balaban J connectivity index is 2.26. The Morgan fingerprint density at radius 1 is 1.53 bits per heavy atom. The second kappa shape index (κ2) is 5.17. The van der Waals surface area contributed by atoms with Gasteiger partial charge in [0.25, 0.3) is 5.91 Å². The maximum Gasteiger partial charge on any atom is 0.261 e. The highest BCUT2D eigenvalue weighted by Crippen LogP contribution is 2.19. The first-order valence-electron chi connectivity index (χ1n) is 4.40. The van der Waals surface area contributed by atoms with Gasteiger partial charge >= 0.3 is 0 Å². The SMILES string of the molecule is NNc1ncc(Br)cc1C(=O)Nc1nncs1. The van der Waals surface area contributed by atoms with Crippen LogP contribution < -0.4 is 16.6 Å². The molecule has 0 fully saturated rings. The first-order valence-corrected chi connectivity index (χ1v) is 6.07. The number of nitrogens with one attached hydrogen (secondary N) is 2. The zero-order chi connectivity index (χ0) is 12.3. The Hall–Kier alpha value is -1.58. The molecule has 0 spiro atoms. The molecular formula is C8H7BrN6OS.